The number of carbonyl (C=O) groups is 1. The lowest BCUT2D eigenvalue weighted by atomic mass is 9.88. The van der Waals surface area contributed by atoms with Gasteiger partial charge in [0.1, 0.15) is 0 Å². The van der Waals surface area contributed by atoms with Crippen LogP contribution in [0.5, 0.6) is 0 Å². The molecule has 0 aliphatic carbocycles. The van der Waals surface area contributed by atoms with Crippen molar-refractivity contribution in [2.75, 3.05) is 0 Å². The molecule has 80 valence electrons. The highest BCUT2D eigenvalue weighted by atomic mass is 32.1. The van der Waals surface area contributed by atoms with E-state index in [1.807, 2.05) is 22.2 Å². The molecule has 0 aliphatic heterocycles. The third kappa shape index (κ3) is 1.87. The van der Waals surface area contributed by atoms with Crippen LogP contribution in [0.2, 0.25) is 0 Å². The number of imidazole rings is 1. The number of carboxylic acids is 1. The van der Waals surface area contributed by atoms with Crippen LogP contribution >= 0.6 is 11.3 Å². The second-order valence-corrected chi connectivity index (χ2v) is 5.06. The molecule has 2 heterocycles. The average Bonchev–Trinajstić information content (AvgIpc) is 2.62. The molecule has 5 heteroatoms. The third-order valence-corrected chi connectivity index (χ3v) is 3.12. The second-order valence-electron chi connectivity index (χ2n) is 4.19. The highest BCUT2D eigenvalue weighted by Gasteiger charge is 2.28. The number of carboxylic acid groups (broad SMARTS) is 1. The van der Waals surface area contributed by atoms with Crippen LogP contribution in [0.1, 0.15) is 19.5 Å². The molecule has 4 nitrogen and oxygen atoms in total. The Morgan fingerprint density at radius 1 is 1.67 bits per heavy atom. The van der Waals surface area contributed by atoms with E-state index in [1.165, 1.54) is 0 Å². The van der Waals surface area contributed by atoms with Gasteiger partial charge in [0, 0.05) is 24.2 Å². The first-order valence-electron chi connectivity index (χ1n) is 4.63. The quantitative estimate of drug-likeness (QED) is 0.868. The lowest BCUT2D eigenvalue weighted by molar-refractivity contribution is -0.146. The van der Waals surface area contributed by atoms with Crippen LogP contribution in [-0.2, 0) is 11.2 Å². The number of hydrogen-bond acceptors (Lipinski definition) is 3. The van der Waals surface area contributed by atoms with Gasteiger partial charge in [-0.25, -0.2) is 4.98 Å². The number of thiazole rings is 1. The van der Waals surface area contributed by atoms with Crippen molar-refractivity contribution in [3.05, 3.63) is 23.5 Å². The Bertz CT molecular complexity index is 470. The van der Waals surface area contributed by atoms with Gasteiger partial charge in [0.05, 0.1) is 11.1 Å². The van der Waals surface area contributed by atoms with Crippen molar-refractivity contribution in [1.82, 2.24) is 9.38 Å². The topological polar surface area (TPSA) is 54.6 Å². The van der Waals surface area contributed by atoms with E-state index in [-0.39, 0.29) is 0 Å². The summed E-state index contributed by atoms with van der Waals surface area (Å²) in [6.07, 6.45) is 4.26. The van der Waals surface area contributed by atoms with Gasteiger partial charge >= 0.3 is 5.97 Å². The van der Waals surface area contributed by atoms with Crippen LogP contribution in [0, 0.1) is 5.41 Å². The van der Waals surface area contributed by atoms with Crippen molar-refractivity contribution in [3.63, 3.8) is 0 Å². The van der Waals surface area contributed by atoms with Crippen molar-refractivity contribution in [3.8, 4) is 0 Å². The zero-order valence-electron chi connectivity index (χ0n) is 8.60. The van der Waals surface area contributed by atoms with E-state index in [9.17, 15) is 4.79 Å². The fraction of sp³-hybridized carbons (Fsp3) is 0.400. The maximum Gasteiger partial charge on any atom is 0.309 e. The van der Waals surface area contributed by atoms with E-state index >= 15 is 0 Å². The maximum atomic E-state index is 10.9. The largest absolute Gasteiger partial charge is 0.481 e. The van der Waals surface area contributed by atoms with Crippen molar-refractivity contribution < 1.29 is 9.90 Å². The lowest BCUT2D eigenvalue weighted by Gasteiger charge is -2.16. The number of hydrogen-bond donors (Lipinski definition) is 1. The van der Waals surface area contributed by atoms with Crippen molar-refractivity contribution in [2.24, 2.45) is 5.41 Å². The number of rotatable bonds is 3. The number of fused-ring (bicyclic) bond motifs is 1. The van der Waals surface area contributed by atoms with Crippen molar-refractivity contribution in [1.29, 1.82) is 0 Å². The molecule has 0 fully saturated rings. The maximum absolute atomic E-state index is 10.9. The monoisotopic (exact) mass is 224 g/mol. The molecule has 0 saturated carbocycles. The summed E-state index contributed by atoms with van der Waals surface area (Å²) < 4.78 is 1.91. The highest BCUT2D eigenvalue weighted by molar-refractivity contribution is 7.15. The average molecular weight is 224 g/mol. The molecule has 15 heavy (non-hydrogen) atoms. The van der Waals surface area contributed by atoms with E-state index in [4.69, 9.17) is 5.11 Å². The molecule has 0 amide bonds. The Morgan fingerprint density at radius 3 is 3.00 bits per heavy atom. The zero-order chi connectivity index (χ0) is 11.1. The summed E-state index contributed by atoms with van der Waals surface area (Å²) in [5, 5.41) is 10.9. The van der Waals surface area contributed by atoms with Gasteiger partial charge in [-0.05, 0) is 13.8 Å². The predicted octanol–water partition coefficient (Wildman–Crippen LogP) is 2.05. The first-order chi connectivity index (χ1) is 6.99. The molecule has 2 aromatic heterocycles. The minimum atomic E-state index is -0.793. The molecule has 0 spiro atoms. The molecular formula is C10H12N2O2S. The van der Waals surface area contributed by atoms with Crippen molar-refractivity contribution >= 4 is 22.3 Å². The molecule has 0 saturated heterocycles. The molecule has 1 N–H and O–H groups in total. The minimum absolute atomic E-state index is 0.455. The Hall–Kier alpha value is -1.36. The first kappa shape index (κ1) is 10.2. The Morgan fingerprint density at radius 2 is 2.40 bits per heavy atom. The van der Waals surface area contributed by atoms with E-state index in [1.54, 1.807) is 25.2 Å². The van der Waals surface area contributed by atoms with Crippen LogP contribution in [0.3, 0.4) is 0 Å². The van der Waals surface area contributed by atoms with E-state index in [2.05, 4.69) is 4.98 Å². The van der Waals surface area contributed by atoms with Gasteiger partial charge in [-0.3, -0.25) is 9.20 Å². The second kappa shape index (κ2) is 3.34. The number of nitrogens with zero attached hydrogens (tertiary/aromatic N) is 2. The fourth-order valence-corrected chi connectivity index (χ4v) is 2.11. The van der Waals surface area contributed by atoms with Gasteiger partial charge in [-0.1, -0.05) is 0 Å². The lowest BCUT2D eigenvalue weighted by Crippen LogP contribution is -2.26. The zero-order valence-corrected chi connectivity index (χ0v) is 9.41. The molecule has 2 rings (SSSR count). The Balaban J connectivity index is 2.26. The molecule has 0 atom stereocenters. The van der Waals surface area contributed by atoms with Gasteiger partial charge in [-0.2, -0.15) is 0 Å². The Kier molecular flexibility index (Phi) is 2.26. The number of aliphatic carboxylic acids is 1. The summed E-state index contributed by atoms with van der Waals surface area (Å²) in [4.78, 5) is 16.2. The van der Waals surface area contributed by atoms with Crippen LogP contribution in [0.15, 0.2) is 17.8 Å². The van der Waals surface area contributed by atoms with Crippen LogP contribution in [0.25, 0.3) is 4.96 Å². The van der Waals surface area contributed by atoms with Gasteiger partial charge in [0.25, 0.3) is 0 Å². The summed E-state index contributed by atoms with van der Waals surface area (Å²) in [7, 11) is 0. The highest BCUT2D eigenvalue weighted by Crippen LogP contribution is 2.22. The predicted molar refractivity (Wildman–Crippen MR) is 58.2 cm³/mol. The van der Waals surface area contributed by atoms with Crippen molar-refractivity contribution in [2.45, 2.75) is 20.3 Å². The molecular weight excluding hydrogens is 212 g/mol. The molecule has 0 aliphatic rings. The standard InChI is InChI=1S/C10H12N2O2S/c1-10(2,8(13)14)5-7-6-12-3-4-15-9(12)11-7/h3-4,6H,5H2,1-2H3,(H,13,14). The first-order valence-corrected chi connectivity index (χ1v) is 5.51. The van der Waals surface area contributed by atoms with Gasteiger partial charge in [0.2, 0.25) is 0 Å². The molecule has 0 radical (unpaired) electrons. The van der Waals surface area contributed by atoms with Gasteiger partial charge < -0.3 is 5.11 Å². The van der Waals surface area contributed by atoms with E-state index in [0.717, 1.165) is 10.7 Å². The summed E-state index contributed by atoms with van der Waals surface area (Å²) in [5.41, 5.74) is 0.0681. The van der Waals surface area contributed by atoms with Crippen LogP contribution in [-0.4, -0.2) is 20.5 Å². The molecule has 0 bridgehead atoms. The molecule has 0 aromatic carbocycles. The summed E-state index contributed by atoms with van der Waals surface area (Å²) in [6.45, 7) is 3.42. The van der Waals surface area contributed by atoms with Crippen LogP contribution < -0.4 is 0 Å². The summed E-state index contributed by atoms with van der Waals surface area (Å²) in [6, 6.07) is 0. The SMILES string of the molecule is CC(C)(Cc1cn2ccsc2n1)C(=O)O. The van der Waals surface area contributed by atoms with E-state index < -0.39 is 11.4 Å². The minimum Gasteiger partial charge on any atom is -0.481 e. The van der Waals surface area contributed by atoms with Crippen LogP contribution in [0.4, 0.5) is 0 Å². The van der Waals surface area contributed by atoms with Gasteiger partial charge in [-0.15, -0.1) is 11.3 Å². The summed E-state index contributed by atoms with van der Waals surface area (Å²) >= 11 is 1.55. The normalized spacial score (nSPS) is 12.1. The Labute approximate surface area is 91.2 Å². The molecule has 2 aromatic rings. The summed E-state index contributed by atoms with van der Waals surface area (Å²) in [5.74, 6) is -0.793. The smallest absolute Gasteiger partial charge is 0.309 e. The molecule has 0 unspecified atom stereocenters. The van der Waals surface area contributed by atoms with Gasteiger partial charge in [0.15, 0.2) is 4.96 Å². The number of aromatic nitrogens is 2. The fourth-order valence-electron chi connectivity index (χ4n) is 1.39. The third-order valence-electron chi connectivity index (χ3n) is 2.35. The van der Waals surface area contributed by atoms with E-state index in [0.29, 0.717) is 6.42 Å².